The van der Waals surface area contributed by atoms with Crippen LogP contribution in [0.1, 0.15) is 53.0 Å². The summed E-state index contributed by atoms with van der Waals surface area (Å²) < 4.78 is 5.79. The van der Waals surface area contributed by atoms with Crippen LogP contribution in [0.2, 0.25) is 0 Å². The van der Waals surface area contributed by atoms with Crippen LogP contribution in [0, 0.1) is 5.92 Å². The van der Waals surface area contributed by atoms with Crippen LogP contribution in [0.5, 0.6) is 5.75 Å². The van der Waals surface area contributed by atoms with Crippen LogP contribution >= 0.6 is 0 Å². The number of hydrogen-bond acceptors (Lipinski definition) is 2. The second-order valence-corrected chi connectivity index (χ2v) is 5.99. The molecule has 2 heteroatoms. The molecule has 0 fully saturated rings. The summed E-state index contributed by atoms with van der Waals surface area (Å²) in [6.07, 6.45) is 2.37. The van der Waals surface area contributed by atoms with Crippen molar-refractivity contribution < 1.29 is 9.53 Å². The molecule has 0 heterocycles. The molecule has 1 aromatic carbocycles. The van der Waals surface area contributed by atoms with E-state index in [9.17, 15) is 4.79 Å². The zero-order chi connectivity index (χ0) is 14.5. The average molecular weight is 262 g/mol. The number of carbonyl (C=O) groups is 1. The summed E-state index contributed by atoms with van der Waals surface area (Å²) in [6, 6.07) is 8.10. The van der Waals surface area contributed by atoms with E-state index in [-0.39, 0.29) is 11.5 Å². The van der Waals surface area contributed by atoms with E-state index in [0.29, 0.717) is 12.2 Å². The smallest absolute Gasteiger partial charge is 0.136 e. The molecule has 2 nitrogen and oxygen atoms in total. The Morgan fingerprint density at radius 3 is 2.16 bits per heavy atom. The summed E-state index contributed by atoms with van der Waals surface area (Å²) in [5.74, 6) is 1.39. The number of benzene rings is 1. The molecule has 0 spiro atoms. The molecule has 0 radical (unpaired) electrons. The average Bonchev–Trinajstić information content (AvgIpc) is 2.35. The first kappa shape index (κ1) is 15.7. The number of Topliss-reactive ketones (excluding diaryl/α,β-unsaturated/α-hetero) is 1. The lowest BCUT2D eigenvalue weighted by Gasteiger charge is -2.21. The Labute approximate surface area is 117 Å². The lowest BCUT2D eigenvalue weighted by Crippen LogP contribution is -2.22. The maximum absolute atomic E-state index is 11.8. The Hall–Kier alpha value is -1.31. The SMILES string of the molecule is CCC(=O)[C@@H](CC)Cc1ccc(OC(C)(C)C)cc1. The van der Waals surface area contributed by atoms with Crippen molar-refractivity contribution in [2.75, 3.05) is 0 Å². The van der Waals surface area contributed by atoms with Gasteiger partial charge in [-0.15, -0.1) is 0 Å². The molecule has 0 aliphatic rings. The van der Waals surface area contributed by atoms with E-state index in [1.54, 1.807) is 0 Å². The first-order chi connectivity index (χ1) is 8.85. The van der Waals surface area contributed by atoms with Gasteiger partial charge in [-0.25, -0.2) is 0 Å². The topological polar surface area (TPSA) is 26.3 Å². The van der Waals surface area contributed by atoms with Gasteiger partial charge in [-0.3, -0.25) is 4.79 Å². The molecule has 0 aromatic heterocycles. The fraction of sp³-hybridized carbons (Fsp3) is 0.588. The lowest BCUT2D eigenvalue weighted by atomic mass is 9.92. The monoisotopic (exact) mass is 262 g/mol. The second kappa shape index (κ2) is 6.74. The Morgan fingerprint density at radius 1 is 1.16 bits per heavy atom. The van der Waals surface area contributed by atoms with Crippen molar-refractivity contribution >= 4 is 5.78 Å². The molecule has 1 aromatic rings. The Kier molecular flexibility index (Phi) is 5.59. The van der Waals surface area contributed by atoms with Crippen LogP contribution in [-0.4, -0.2) is 11.4 Å². The molecule has 19 heavy (non-hydrogen) atoms. The van der Waals surface area contributed by atoms with Gasteiger partial charge in [-0.1, -0.05) is 26.0 Å². The minimum Gasteiger partial charge on any atom is -0.488 e. The summed E-state index contributed by atoms with van der Waals surface area (Å²) in [6.45, 7) is 10.1. The molecule has 0 saturated heterocycles. The maximum Gasteiger partial charge on any atom is 0.136 e. The molecule has 1 rings (SSSR count). The van der Waals surface area contributed by atoms with Crippen LogP contribution in [-0.2, 0) is 11.2 Å². The van der Waals surface area contributed by atoms with E-state index in [2.05, 4.69) is 19.1 Å². The van der Waals surface area contributed by atoms with Crippen LogP contribution < -0.4 is 4.74 Å². The molecule has 0 aliphatic heterocycles. The van der Waals surface area contributed by atoms with Gasteiger partial charge in [0.25, 0.3) is 0 Å². The molecule has 1 atom stereocenters. The summed E-state index contributed by atoms with van der Waals surface area (Å²) in [5.41, 5.74) is 1.03. The minimum atomic E-state index is -0.175. The Balaban J connectivity index is 2.68. The summed E-state index contributed by atoms with van der Waals surface area (Å²) in [5, 5.41) is 0. The zero-order valence-electron chi connectivity index (χ0n) is 12.8. The summed E-state index contributed by atoms with van der Waals surface area (Å²) in [7, 11) is 0. The molecule has 0 saturated carbocycles. The minimum absolute atomic E-state index is 0.152. The highest BCUT2D eigenvalue weighted by molar-refractivity contribution is 5.80. The fourth-order valence-corrected chi connectivity index (χ4v) is 2.11. The van der Waals surface area contributed by atoms with Gasteiger partial charge in [-0.05, 0) is 51.3 Å². The van der Waals surface area contributed by atoms with Crippen LogP contribution in [0.3, 0.4) is 0 Å². The second-order valence-electron chi connectivity index (χ2n) is 5.99. The zero-order valence-corrected chi connectivity index (χ0v) is 12.8. The van der Waals surface area contributed by atoms with E-state index < -0.39 is 0 Å². The van der Waals surface area contributed by atoms with Crippen molar-refractivity contribution in [2.24, 2.45) is 5.92 Å². The van der Waals surface area contributed by atoms with Gasteiger partial charge >= 0.3 is 0 Å². The molecule has 0 amide bonds. The first-order valence-electron chi connectivity index (χ1n) is 7.16. The largest absolute Gasteiger partial charge is 0.488 e. The standard InChI is InChI=1S/C17H26O2/c1-6-14(16(18)7-2)12-13-8-10-15(11-9-13)19-17(3,4)5/h8-11,14H,6-7,12H2,1-5H3/t14-/m0/s1. The quantitative estimate of drug-likeness (QED) is 0.759. The third-order valence-corrected chi connectivity index (χ3v) is 3.13. The number of hydrogen-bond donors (Lipinski definition) is 0. The normalized spacial score (nSPS) is 13.1. The molecule has 0 N–H and O–H groups in total. The summed E-state index contributed by atoms with van der Waals surface area (Å²) in [4.78, 5) is 11.8. The van der Waals surface area contributed by atoms with Gasteiger partial charge in [0.15, 0.2) is 0 Å². The van der Waals surface area contributed by atoms with Gasteiger partial charge in [0.1, 0.15) is 17.1 Å². The fourth-order valence-electron chi connectivity index (χ4n) is 2.11. The van der Waals surface area contributed by atoms with Gasteiger partial charge < -0.3 is 4.74 Å². The van der Waals surface area contributed by atoms with Crippen molar-refractivity contribution in [3.8, 4) is 5.75 Å². The van der Waals surface area contributed by atoms with E-state index in [0.717, 1.165) is 18.6 Å². The van der Waals surface area contributed by atoms with E-state index in [1.165, 1.54) is 5.56 Å². The van der Waals surface area contributed by atoms with Crippen molar-refractivity contribution in [1.29, 1.82) is 0 Å². The summed E-state index contributed by atoms with van der Waals surface area (Å²) >= 11 is 0. The third-order valence-electron chi connectivity index (χ3n) is 3.13. The van der Waals surface area contributed by atoms with Crippen molar-refractivity contribution in [1.82, 2.24) is 0 Å². The molecular weight excluding hydrogens is 236 g/mol. The number of rotatable bonds is 6. The Bertz CT molecular complexity index is 398. The van der Waals surface area contributed by atoms with Crippen LogP contribution in [0.15, 0.2) is 24.3 Å². The highest BCUT2D eigenvalue weighted by Crippen LogP contribution is 2.21. The Morgan fingerprint density at radius 2 is 1.74 bits per heavy atom. The van der Waals surface area contributed by atoms with Crippen molar-refractivity contribution in [3.63, 3.8) is 0 Å². The number of ketones is 1. The van der Waals surface area contributed by atoms with Gasteiger partial charge in [0.2, 0.25) is 0 Å². The van der Waals surface area contributed by atoms with E-state index in [4.69, 9.17) is 4.74 Å². The lowest BCUT2D eigenvalue weighted by molar-refractivity contribution is -0.122. The van der Waals surface area contributed by atoms with Crippen molar-refractivity contribution in [2.45, 2.75) is 59.5 Å². The van der Waals surface area contributed by atoms with E-state index >= 15 is 0 Å². The molecule has 0 unspecified atom stereocenters. The molecule has 0 aliphatic carbocycles. The van der Waals surface area contributed by atoms with Gasteiger partial charge in [0.05, 0.1) is 0 Å². The molecule has 106 valence electrons. The number of ether oxygens (including phenoxy) is 1. The molecular formula is C17H26O2. The van der Waals surface area contributed by atoms with Gasteiger partial charge in [-0.2, -0.15) is 0 Å². The first-order valence-corrected chi connectivity index (χ1v) is 7.16. The highest BCUT2D eigenvalue weighted by Gasteiger charge is 2.15. The van der Waals surface area contributed by atoms with Crippen molar-refractivity contribution in [3.05, 3.63) is 29.8 Å². The molecule has 0 bridgehead atoms. The van der Waals surface area contributed by atoms with E-state index in [1.807, 2.05) is 39.8 Å². The highest BCUT2D eigenvalue weighted by atomic mass is 16.5. The van der Waals surface area contributed by atoms with Crippen LogP contribution in [0.4, 0.5) is 0 Å². The van der Waals surface area contributed by atoms with Gasteiger partial charge in [0, 0.05) is 12.3 Å². The third kappa shape index (κ3) is 5.46. The maximum atomic E-state index is 11.8. The number of carbonyl (C=O) groups excluding carboxylic acids is 1. The predicted molar refractivity (Wildman–Crippen MR) is 79.6 cm³/mol. The predicted octanol–water partition coefficient (Wildman–Crippen LogP) is 4.41. The van der Waals surface area contributed by atoms with Crippen LogP contribution in [0.25, 0.3) is 0 Å².